The molecule has 0 aromatic heterocycles. The van der Waals surface area contributed by atoms with Crippen molar-refractivity contribution < 1.29 is 17.6 Å². The van der Waals surface area contributed by atoms with Crippen LogP contribution in [0.1, 0.15) is 11.1 Å². The first-order valence-electron chi connectivity index (χ1n) is 5.71. The summed E-state index contributed by atoms with van der Waals surface area (Å²) in [4.78, 5) is 0. The lowest BCUT2D eigenvalue weighted by atomic mass is 10.1. The normalized spacial score (nSPS) is 11.4. The van der Waals surface area contributed by atoms with E-state index in [1.54, 1.807) is 0 Å². The maximum Gasteiger partial charge on any atom is 0.416 e. The fourth-order valence-electron chi connectivity index (χ4n) is 1.68. The Balaban J connectivity index is 2.13. The zero-order chi connectivity index (χ0) is 14.8. The molecule has 0 fully saturated rings. The summed E-state index contributed by atoms with van der Waals surface area (Å²) in [5.74, 6) is -0.464. The number of nitrogens with one attached hydrogen (secondary N) is 1. The Bertz CT molecular complexity index is 610. The van der Waals surface area contributed by atoms with Gasteiger partial charge in [-0.25, -0.2) is 4.39 Å². The van der Waals surface area contributed by atoms with Crippen molar-refractivity contribution in [2.24, 2.45) is 0 Å². The predicted octanol–water partition coefficient (Wildman–Crippen LogP) is 5.11. The molecule has 0 radical (unpaired) electrons. The maximum atomic E-state index is 13.5. The molecule has 0 aliphatic rings. The second kappa shape index (κ2) is 5.71. The summed E-state index contributed by atoms with van der Waals surface area (Å²) in [5, 5.41) is 3.11. The van der Waals surface area contributed by atoms with Crippen LogP contribution in [0.4, 0.5) is 23.2 Å². The van der Waals surface area contributed by atoms with E-state index in [-0.39, 0.29) is 17.8 Å². The van der Waals surface area contributed by atoms with Crippen LogP contribution in [-0.2, 0) is 12.7 Å². The van der Waals surface area contributed by atoms with E-state index in [1.165, 1.54) is 30.3 Å². The van der Waals surface area contributed by atoms with E-state index in [1.807, 2.05) is 0 Å². The Morgan fingerprint density at radius 2 is 1.80 bits per heavy atom. The number of rotatable bonds is 3. The monoisotopic (exact) mass is 303 g/mol. The summed E-state index contributed by atoms with van der Waals surface area (Å²) in [5.41, 5.74) is -0.205. The van der Waals surface area contributed by atoms with Crippen molar-refractivity contribution in [1.29, 1.82) is 0 Å². The highest BCUT2D eigenvalue weighted by molar-refractivity contribution is 6.30. The van der Waals surface area contributed by atoms with Gasteiger partial charge in [-0.1, -0.05) is 17.7 Å². The van der Waals surface area contributed by atoms with Gasteiger partial charge in [0, 0.05) is 22.8 Å². The molecule has 0 heterocycles. The number of hydrogen-bond donors (Lipinski definition) is 1. The molecule has 106 valence electrons. The standard InChI is InChI=1S/C14H10ClF4N/c15-11-4-5-13(16)9(6-11)8-20-12-3-1-2-10(7-12)14(17,18)19/h1-7,20H,8H2. The Hall–Kier alpha value is -1.75. The van der Waals surface area contributed by atoms with Crippen LogP contribution in [-0.4, -0.2) is 0 Å². The van der Waals surface area contributed by atoms with Crippen molar-refractivity contribution in [2.45, 2.75) is 12.7 Å². The van der Waals surface area contributed by atoms with Gasteiger partial charge < -0.3 is 5.32 Å². The average molecular weight is 304 g/mol. The lowest BCUT2D eigenvalue weighted by Gasteiger charge is -2.11. The molecular formula is C14H10ClF4N. The van der Waals surface area contributed by atoms with Crippen molar-refractivity contribution in [3.8, 4) is 0 Å². The van der Waals surface area contributed by atoms with E-state index in [9.17, 15) is 17.6 Å². The molecule has 6 heteroatoms. The summed E-state index contributed by atoms with van der Waals surface area (Å²) >= 11 is 5.74. The fourth-order valence-corrected chi connectivity index (χ4v) is 1.88. The van der Waals surface area contributed by atoms with Crippen molar-refractivity contribution in [3.05, 3.63) is 64.4 Å². The molecule has 0 aliphatic heterocycles. The lowest BCUT2D eigenvalue weighted by molar-refractivity contribution is -0.137. The molecule has 0 saturated heterocycles. The first kappa shape index (κ1) is 14.7. The van der Waals surface area contributed by atoms with Gasteiger partial charge in [0.15, 0.2) is 0 Å². The Morgan fingerprint density at radius 3 is 2.50 bits per heavy atom. The zero-order valence-corrected chi connectivity index (χ0v) is 10.9. The van der Waals surface area contributed by atoms with E-state index in [0.717, 1.165) is 12.1 Å². The molecule has 0 unspecified atom stereocenters. The van der Waals surface area contributed by atoms with Crippen LogP contribution in [0.2, 0.25) is 5.02 Å². The zero-order valence-electron chi connectivity index (χ0n) is 10.1. The quantitative estimate of drug-likeness (QED) is 0.777. The Kier molecular flexibility index (Phi) is 4.18. The fraction of sp³-hybridized carbons (Fsp3) is 0.143. The molecule has 20 heavy (non-hydrogen) atoms. The third-order valence-corrected chi connectivity index (χ3v) is 2.92. The van der Waals surface area contributed by atoms with Gasteiger partial charge >= 0.3 is 6.18 Å². The molecule has 2 aromatic rings. The van der Waals surface area contributed by atoms with E-state index in [0.29, 0.717) is 5.02 Å². The van der Waals surface area contributed by atoms with Gasteiger partial charge in [-0.15, -0.1) is 0 Å². The average Bonchev–Trinajstić information content (AvgIpc) is 2.39. The molecular weight excluding hydrogens is 294 g/mol. The van der Waals surface area contributed by atoms with Gasteiger partial charge in [-0.2, -0.15) is 13.2 Å². The van der Waals surface area contributed by atoms with Crippen LogP contribution in [0, 0.1) is 5.82 Å². The van der Waals surface area contributed by atoms with Crippen LogP contribution in [0.15, 0.2) is 42.5 Å². The minimum absolute atomic E-state index is 0.0493. The van der Waals surface area contributed by atoms with Crippen molar-refractivity contribution in [2.75, 3.05) is 5.32 Å². The van der Waals surface area contributed by atoms with Gasteiger partial charge in [0.25, 0.3) is 0 Å². The van der Waals surface area contributed by atoms with E-state index in [2.05, 4.69) is 5.32 Å². The summed E-state index contributed by atoms with van der Waals surface area (Å²) in [6.45, 7) is 0.0493. The van der Waals surface area contributed by atoms with Gasteiger partial charge in [0.05, 0.1) is 5.56 Å². The predicted molar refractivity (Wildman–Crippen MR) is 70.2 cm³/mol. The Labute approximate surface area is 118 Å². The van der Waals surface area contributed by atoms with Crippen LogP contribution < -0.4 is 5.32 Å². The number of halogens is 5. The number of alkyl halides is 3. The first-order chi connectivity index (χ1) is 9.36. The van der Waals surface area contributed by atoms with Crippen molar-refractivity contribution in [3.63, 3.8) is 0 Å². The first-order valence-corrected chi connectivity index (χ1v) is 6.09. The van der Waals surface area contributed by atoms with Crippen molar-refractivity contribution >= 4 is 17.3 Å². The maximum absolute atomic E-state index is 13.5. The number of anilines is 1. The van der Waals surface area contributed by atoms with Gasteiger partial charge in [-0.05, 0) is 36.4 Å². The van der Waals surface area contributed by atoms with E-state index < -0.39 is 17.6 Å². The molecule has 2 rings (SSSR count). The Morgan fingerprint density at radius 1 is 1.05 bits per heavy atom. The molecule has 0 aliphatic carbocycles. The van der Waals surface area contributed by atoms with Crippen LogP contribution in [0.5, 0.6) is 0 Å². The summed E-state index contributed by atoms with van der Waals surface area (Å²) in [6.07, 6.45) is -4.40. The largest absolute Gasteiger partial charge is 0.416 e. The van der Waals surface area contributed by atoms with Crippen LogP contribution >= 0.6 is 11.6 Å². The highest BCUT2D eigenvalue weighted by Crippen LogP contribution is 2.30. The molecule has 0 saturated carbocycles. The van der Waals surface area contributed by atoms with Crippen LogP contribution in [0.3, 0.4) is 0 Å². The highest BCUT2D eigenvalue weighted by atomic mass is 35.5. The van der Waals surface area contributed by atoms with Crippen molar-refractivity contribution in [1.82, 2.24) is 0 Å². The molecule has 0 bridgehead atoms. The second-order valence-corrected chi connectivity index (χ2v) is 4.60. The van der Waals surface area contributed by atoms with Gasteiger partial charge in [-0.3, -0.25) is 0 Å². The molecule has 2 aromatic carbocycles. The minimum Gasteiger partial charge on any atom is -0.381 e. The molecule has 0 atom stereocenters. The molecule has 0 spiro atoms. The summed E-state index contributed by atoms with van der Waals surface area (Å²) in [7, 11) is 0. The third-order valence-electron chi connectivity index (χ3n) is 2.68. The third kappa shape index (κ3) is 3.63. The van der Waals surface area contributed by atoms with E-state index >= 15 is 0 Å². The summed E-state index contributed by atoms with van der Waals surface area (Å²) in [6, 6.07) is 8.78. The van der Waals surface area contributed by atoms with E-state index in [4.69, 9.17) is 11.6 Å². The lowest BCUT2D eigenvalue weighted by Crippen LogP contribution is -2.07. The SMILES string of the molecule is Fc1ccc(Cl)cc1CNc1cccc(C(F)(F)F)c1. The molecule has 1 N–H and O–H groups in total. The smallest absolute Gasteiger partial charge is 0.381 e. The number of hydrogen-bond acceptors (Lipinski definition) is 1. The minimum atomic E-state index is -4.40. The number of benzene rings is 2. The topological polar surface area (TPSA) is 12.0 Å². The molecule has 1 nitrogen and oxygen atoms in total. The van der Waals surface area contributed by atoms with Crippen LogP contribution in [0.25, 0.3) is 0 Å². The summed E-state index contributed by atoms with van der Waals surface area (Å²) < 4.78 is 51.1. The highest BCUT2D eigenvalue weighted by Gasteiger charge is 2.30. The second-order valence-electron chi connectivity index (χ2n) is 4.17. The van der Waals surface area contributed by atoms with Gasteiger partial charge in [0.2, 0.25) is 0 Å². The van der Waals surface area contributed by atoms with Gasteiger partial charge in [0.1, 0.15) is 5.82 Å². The molecule has 0 amide bonds.